The fraction of sp³-hybridized carbons (Fsp3) is 0.333. The Bertz CT molecular complexity index is 351. The van der Waals surface area contributed by atoms with Crippen LogP contribution in [0.1, 0.15) is 0 Å². The summed E-state index contributed by atoms with van der Waals surface area (Å²) in [6.07, 6.45) is 1.09. The molecule has 7 nitrogen and oxygen atoms in total. The Labute approximate surface area is 82.9 Å². The van der Waals surface area contributed by atoms with Gasteiger partial charge in [-0.2, -0.15) is 0 Å². The van der Waals surface area contributed by atoms with Crippen molar-refractivity contribution in [2.24, 2.45) is 0 Å². The lowest BCUT2D eigenvalue weighted by molar-refractivity contribution is -0.380. The maximum atomic E-state index is 11.0. The van der Waals surface area contributed by atoms with E-state index in [0.29, 0.717) is 0 Å². The minimum atomic E-state index is -0.566. The van der Waals surface area contributed by atoms with Crippen LogP contribution in [-0.4, -0.2) is 29.5 Å². The lowest BCUT2D eigenvalue weighted by Gasteiger charge is -1.97. The van der Waals surface area contributed by atoms with Crippen molar-refractivity contribution in [3.05, 3.63) is 16.3 Å². The molecule has 0 saturated heterocycles. The molecule has 76 valence electrons. The highest BCUT2D eigenvalue weighted by atomic mass is 32.1. The van der Waals surface area contributed by atoms with Crippen molar-refractivity contribution in [1.82, 2.24) is 4.98 Å². The van der Waals surface area contributed by atoms with Gasteiger partial charge in [0.25, 0.3) is 5.91 Å². The van der Waals surface area contributed by atoms with Gasteiger partial charge in [-0.15, -0.1) is 0 Å². The monoisotopic (exact) mass is 217 g/mol. The van der Waals surface area contributed by atoms with Crippen LogP contribution in [0.5, 0.6) is 0 Å². The van der Waals surface area contributed by atoms with E-state index in [4.69, 9.17) is 0 Å². The second-order valence-corrected chi connectivity index (χ2v) is 3.25. The van der Waals surface area contributed by atoms with Crippen molar-refractivity contribution in [2.75, 3.05) is 19.0 Å². The van der Waals surface area contributed by atoms with Crippen LogP contribution in [0.3, 0.4) is 0 Å². The molecule has 0 bridgehead atoms. The topological polar surface area (TPSA) is 94.4 Å². The molecule has 0 aliphatic carbocycles. The van der Waals surface area contributed by atoms with Crippen molar-refractivity contribution in [3.8, 4) is 0 Å². The van der Waals surface area contributed by atoms with Gasteiger partial charge in [0.2, 0.25) is 0 Å². The minimum Gasteiger partial charge on any atom is -0.375 e. The Morgan fingerprint density at radius 3 is 3.07 bits per heavy atom. The number of anilines is 1. The molecule has 0 spiro atoms. The number of carbonyl (C=O) groups is 1. The average molecular weight is 217 g/mol. The third-order valence-corrected chi connectivity index (χ3v) is 2.06. The lowest BCUT2D eigenvalue weighted by Crippen LogP contribution is -2.16. The van der Waals surface area contributed by atoms with Gasteiger partial charge in [0.15, 0.2) is 5.13 Å². The molecule has 0 fully saturated rings. The number of nitro groups is 1. The van der Waals surface area contributed by atoms with Crippen LogP contribution >= 0.6 is 11.3 Å². The maximum Gasteiger partial charge on any atom is 0.345 e. The van der Waals surface area contributed by atoms with Crippen molar-refractivity contribution >= 4 is 27.4 Å². The Hall–Kier alpha value is -1.54. The van der Waals surface area contributed by atoms with E-state index < -0.39 is 10.8 Å². The van der Waals surface area contributed by atoms with Crippen molar-refractivity contribution in [1.29, 1.82) is 0 Å². The van der Waals surface area contributed by atoms with Crippen molar-refractivity contribution in [2.45, 2.75) is 0 Å². The number of nitrogens with zero attached hydrogens (tertiary/aromatic N) is 2. The zero-order chi connectivity index (χ0) is 10.6. The molecule has 0 atom stereocenters. The average Bonchev–Trinajstić information content (AvgIpc) is 2.53. The van der Waals surface area contributed by atoms with Crippen LogP contribution in [0.2, 0.25) is 0 Å². The number of hydrogen-bond acceptors (Lipinski definition) is 6. The Morgan fingerprint density at radius 1 is 1.86 bits per heavy atom. The van der Waals surface area contributed by atoms with E-state index in [1.54, 1.807) is 0 Å². The number of nitrogens with one attached hydrogen (secondary N) is 1. The molecule has 1 N–H and O–H groups in total. The van der Waals surface area contributed by atoms with E-state index in [9.17, 15) is 14.9 Å². The molecular weight excluding hydrogens is 210 g/mol. The summed E-state index contributed by atoms with van der Waals surface area (Å²) in [5.74, 6) is -0.392. The summed E-state index contributed by atoms with van der Waals surface area (Å²) in [7, 11) is 1.38. The first-order valence-corrected chi connectivity index (χ1v) is 4.34. The van der Waals surface area contributed by atoms with Crippen LogP contribution in [0.25, 0.3) is 0 Å². The van der Waals surface area contributed by atoms with E-state index in [1.165, 1.54) is 7.11 Å². The van der Waals surface area contributed by atoms with E-state index in [-0.39, 0.29) is 16.7 Å². The number of rotatable bonds is 4. The summed E-state index contributed by atoms with van der Waals surface area (Å²) in [4.78, 5) is 24.3. The summed E-state index contributed by atoms with van der Waals surface area (Å²) in [5.41, 5.74) is 0. The van der Waals surface area contributed by atoms with Gasteiger partial charge in [-0.05, 0) is 11.3 Å². The first-order chi connectivity index (χ1) is 6.63. The van der Waals surface area contributed by atoms with E-state index in [1.807, 2.05) is 0 Å². The van der Waals surface area contributed by atoms with Crippen molar-refractivity contribution in [3.63, 3.8) is 0 Å². The van der Waals surface area contributed by atoms with Gasteiger partial charge < -0.3 is 4.74 Å². The van der Waals surface area contributed by atoms with E-state index in [2.05, 4.69) is 15.0 Å². The molecule has 0 aliphatic rings. The maximum absolute atomic E-state index is 11.0. The molecule has 1 aromatic rings. The molecule has 0 unspecified atom stereocenters. The van der Waals surface area contributed by atoms with Crippen LogP contribution in [0.15, 0.2) is 6.20 Å². The van der Waals surface area contributed by atoms with Gasteiger partial charge in [-0.3, -0.25) is 20.2 Å². The number of aromatic nitrogens is 1. The first-order valence-electron chi connectivity index (χ1n) is 3.52. The zero-order valence-electron chi connectivity index (χ0n) is 7.22. The largest absolute Gasteiger partial charge is 0.375 e. The Kier molecular flexibility index (Phi) is 3.48. The van der Waals surface area contributed by atoms with Gasteiger partial charge in [0.05, 0.1) is 4.92 Å². The molecule has 0 aliphatic heterocycles. The van der Waals surface area contributed by atoms with E-state index in [0.717, 1.165) is 17.5 Å². The van der Waals surface area contributed by atoms with Crippen LogP contribution < -0.4 is 5.32 Å². The zero-order valence-corrected chi connectivity index (χ0v) is 8.04. The second-order valence-electron chi connectivity index (χ2n) is 2.24. The summed E-state index contributed by atoms with van der Waals surface area (Å²) < 4.78 is 4.56. The molecule has 1 rings (SSSR count). The van der Waals surface area contributed by atoms with Gasteiger partial charge in [0.1, 0.15) is 12.8 Å². The minimum absolute atomic E-state index is 0.104. The van der Waals surface area contributed by atoms with Gasteiger partial charge >= 0.3 is 5.00 Å². The number of methoxy groups -OCH3 is 1. The molecule has 0 aromatic carbocycles. The highest BCUT2D eigenvalue weighted by Crippen LogP contribution is 2.24. The molecule has 1 aromatic heterocycles. The van der Waals surface area contributed by atoms with Gasteiger partial charge in [-0.1, -0.05) is 0 Å². The normalized spacial score (nSPS) is 9.79. The lowest BCUT2D eigenvalue weighted by atomic mass is 10.6. The third kappa shape index (κ3) is 2.75. The summed E-state index contributed by atoms with van der Waals surface area (Å²) >= 11 is 0.797. The van der Waals surface area contributed by atoms with Gasteiger partial charge in [0, 0.05) is 7.11 Å². The number of ether oxygens (including phenoxy) is 1. The molecule has 0 radical (unpaired) electrons. The standard InChI is InChI=1S/C6H7N3O4S/c1-13-3-4(10)8-6-7-2-5(14-6)9(11)12/h2H,3H2,1H3,(H,7,8,10). The summed E-state index contributed by atoms with van der Waals surface area (Å²) in [6, 6.07) is 0. The Balaban J connectivity index is 2.59. The first kappa shape index (κ1) is 10.5. The van der Waals surface area contributed by atoms with Crippen molar-refractivity contribution < 1.29 is 14.5 Å². The fourth-order valence-electron chi connectivity index (χ4n) is 0.694. The quantitative estimate of drug-likeness (QED) is 0.589. The number of thiazole rings is 1. The third-order valence-electron chi connectivity index (χ3n) is 1.20. The van der Waals surface area contributed by atoms with Crippen LogP contribution in [0, 0.1) is 10.1 Å². The highest BCUT2D eigenvalue weighted by Gasteiger charge is 2.12. The molecule has 1 amide bonds. The SMILES string of the molecule is COCC(=O)Nc1ncc([N+](=O)[O-])s1. The molecule has 1 heterocycles. The van der Waals surface area contributed by atoms with Crippen LogP contribution in [0.4, 0.5) is 10.1 Å². The molecule has 8 heteroatoms. The predicted octanol–water partition coefficient (Wildman–Crippen LogP) is 0.636. The number of carbonyl (C=O) groups excluding carboxylic acids is 1. The number of amides is 1. The summed E-state index contributed by atoms with van der Waals surface area (Å²) in [6.45, 7) is -0.104. The van der Waals surface area contributed by atoms with Gasteiger partial charge in [-0.25, -0.2) is 4.98 Å². The van der Waals surface area contributed by atoms with E-state index >= 15 is 0 Å². The highest BCUT2D eigenvalue weighted by molar-refractivity contribution is 7.18. The molecule has 14 heavy (non-hydrogen) atoms. The molecular formula is C6H7N3O4S. The van der Waals surface area contributed by atoms with Crippen LogP contribution in [-0.2, 0) is 9.53 Å². The molecule has 0 saturated carbocycles. The Morgan fingerprint density at radius 2 is 2.57 bits per heavy atom. The second kappa shape index (κ2) is 4.63. The number of hydrogen-bond donors (Lipinski definition) is 1. The summed E-state index contributed by atoms with van der Waals surface area (Å²) in [5, 5.41) is 12.7. The predicted molar refractivity (Wildman–Crippen MR) is 49.3 cm³/mol. The fourth-order valence-corrected chi connectivity index (χ4v) is 1.34. The smallest absolute Gasteiger partial charge is 0.345 e.